The number of thioether (sulfide) groups is 1. The van der Waals surface area contributed by atoms with Crippen molar-refractivity contribution in [2.24, 2.45) is 0 Å². The largest absolute Gasteiger partial charge is 0.278 e. The molecule has 5 nitrogen and oxygen atoms in total. The number of rotatable bonds is 3. The van der Waals surface area contributed by atoms with Crippen LogP contribution in [0.5, 0.6) is 0 Å². The van der Waals surface area contributed by atoms with Crippen LogP contribution in [0.1, 0.15) is 5.56 Å². The number of amides is 1. The molecule has 0 atom stereocenters. The van der Waals surface area contributed by atoms with Crippen LogP contribution in [0.2, 0.25) is 0 Å². The van der Waals surface area contributed by atoms with Crippen molar-refractivity contribution in [2.45, 2.75) is 0 Å². The van der Waals surface area contributed by atoms with Crippen molar-refractivity contribution >= 4 is 34.6 Å². The molecule has 2 N–H and O–H groups in total. The topological polar surface area (TPSA) is 72.8 Å². The van der Waals surface area contributed by atoms with E-state index in [1.165, 1.54) is 36.5 Å². The Hall–Kier alpha value is -3.26. The van der Waals surface area contributed by atoms with Crippen LogP contribution in [-0.4, -0.2) is 21.3 Å². The Balaban J connectivity index is 1.70. The van der Waals surface area contributed by atoms with Gasteiger partial charge in [0, 0.05) is 11.1 Å². The number of hydrogen-bond acceptors (Lipinski definition) is 4. The average molecular weight is 382 g/mol. The van der Waals surface area contributed by atoms with E-state index in [0.717, 1.165) is 16.7 Å². The molecular formula is C19H12F2N4OS. The molecule has 0 bridgehead atoms. The zero-order valence-corrected chi connectivity index (χ0v) is 14.6. The van der Waals surface area contributed by atoms with E-state index in [-0.39, 0.29) is 21.6 Å². The second-order valence-corrected chi connectivity index (χ2v) is 6.75. The van der Waals surface area contributed by atoms with Crippen LogP contribution >= 0.6 is 11.8 Å². The zero-order chi connectivity index (χ0) is 19.0. The van der Waals surface area contributed by atoms with Crippen LogP contribution in [0.15, 0.2) is 59.6 Å². The third kappa shape index (κ3) is 3.15. The lowest BCUT2D eigenvalue weighted by molar-refractivity contribution is -0.113. The van der Waals surface area contributed by atoms with E-state index >= 15 is 0 Å². The maximum atomic E-state index is 14.0. The van der Waals surface area contributed by atoms with E-state index in [4.69, 9.17) is 5.41 Å². The number of aromatic nitrogens is 2. The van der Waals surface area contributed by atoms with Gasteiger partial charge in [-0.2, -0.15) is 5.10 Å². The summed E-state index contributed by atoms with van der Waals surface area (Å²) in [4.78, 5) is 14.0. The summed E-state index contributed by atoms with van der Waals surface area (Å²) in [6.07, 6.45) is 3.12. The predicted octanol–water partition coefficient (Wildman–Crippen LogP) is 4.41. The summed E-state index contributed by atoms with van der Waals surface area (Å²) in [6.45, 7) is 0. The molecule has 0 saturated carbocycles. The van der Waals surface area contributed by atoms with Gasteiger partial charge >= 0.3 is 0 Å². The van der Waals surface area contributed by atoms with Gasteiger partial charge in [0.05, 0.1) is 22.5 Å². The van der Waals surface area contributed by atoms with Gasteiger partial charge in [-0.3, -0.25) is 20.2 Å². The number of halogens is 2. The minimum atomic E-state index is -0.576. The lowest BCUT2D eigenvalue weighted by Gasteiger charge is -2.14. The fraction of sp³-hybridized carbons (Fsp3) is 0. The van der Waals surface area contributed by atoms with Crippen molar-refractivity contribution in [2.75, 3.05) is 4.90 Å². The molecule has 1 saturated heterocycles. The number of aromatic amines is 1. The summed E-state index contributed by atoms with van der Waals surface area (Å²) >= 11 is 0.942. The maximum absolute atomic E-state index is 14.0. The SMILES string of the molecule is N=C1SC(=Cc2cn[nH]c2-c2ccc(F)cc2)C(=O)N1c1ccccc1F. The molecule has 1 aliphatic rings. The van der Waals surface area contributed by atoms with E-state index in [0.29, 0.717) is 16.8 Å². The summed E-state index contributed by atoms with van der Waals surface area (Å²) in [5, 5.41) is 14.8. The van der Waals surface area contributed by atoms with Gasteiger partial charge in [-0.05, 0) is 54.2 Å². The fourth-order valence-corrected chi connectivity index (χ4v) is 3.58. The Morgan fingerprint density at radius 1 is 1.11 bits per heavy atom. The maximum Gasteiger partial charge on any atom is 0.271 e. The summed E-state index contributed by atoms with van der Waals surface area (Å²) in [5.74, 6) is -1.41. The Morgan fingerprint density at radius 2 is 1.85 bits per heavy atom. The Kier molecular flexibility index (Phi) is 4.33. The number of carbonyl (C=O) groups excluding carboxylic acids is 1. The number of carbonyl (C=O) groups is 1. The molecule has 0 radical (unpaired) electrons. The van der Waals surface area contributed by atoms with Crippen LogP contribution < -0.4 is 4.90 Å². The molecule has 1 fully saturated rings. The number of H-pyrrole nitrogens is 1. The van der Waals surface area contributed by atoms with Crippen LogP contribution in [0.4, 0.5) is 14.5 Å². The minimum Gasteiger partial charge on any atom is -0.278 e. The average Bonchev–Trinajstić information content (AvgIpc) is 3.22. The van der Waals surface area contributed by atoms with Gasteiger partial charge in [-0.25, -0.2) is 8.78 Å². The number of nitrogens with zero attached hydrogens (tertiary/aromatic N) is 2. The molecule has 0 unspecified atom stereocenters. The summed E-state index contributed by atoms with van der Waals surface area (Å²) in [5.41, 5.74) is 1.97. The molecule has 8 heteroatoms. The lowest BCUT2D eigenvalue weighted by atomic mass is 10.1. The van der Waals surface area contributed by atoms with Gasteiger partial charge in [0.1, 0.15) is 11.6 Å². The van der Waals surface area contributed by atoms with E-state index in [2.05, 4.69) is 10.2 Å². The highest BCUT2D eigenvalue weighted by Crippen LogP contribution is 2.37. The highest BCUT2D eigenvalue weighted by Gasteiger charge is 2.35. The highest BCUT2D eigenvalue weighted by atomic mass is 32.2. The first kappa shape index (κ1) is 17.2. The number of amidine groups is 1. The lowest BCUT2D eigenvalue weighted by Crippen LogP contribution is -2.28. The molecule has 1 amide bonds. The molecule has 0 spiro atoms. The predicted molar refractivity (Wildman–Crippen MR) is 101 cm³/mol. The second-order valence-electron chi connectivity index (χ2n) is 5.72. The summed E-state index contributed by atoms with van der Waals surface area (Å²) < 4.78 is 27.2. The molecule has 1 aliphatic heterocycles. The van der Waals surface area contributed by atoms with Crippen LogP contribution in [0, 0.1) is 17.0 Å². The molecule has 2 aromatic carbocycles. The standard InChI is InChI=1S/C19H12F2N4OS/c20-13-7-5-11(6-8-13)17-12(10-23-24-17)9-16-18(26)25(19(22)27-16)15-4-2-1-3-14(15)21/h1-10,22H,(H,23,24). The van der Waals surface area contributed by atoms with Crippen molar-refractivity contribution in [3.63, 3.8) is 0 Å². The van der Waals surface area contributed by atoms with Crippen molar-refractivity contribution < 1.29 is 13.6 Å². The van der Waals surface area contributed by atoms with Crippen LogP contribution in [0.25, 0.3) is 17.3 Å². The van der Waals surface area contributed by atoms with Crippen molar-refractivity contribution in [3.8, 4) is 11.3 Å². The first-order valence-corrected chi connectivity index (χ1v) is 8.72. The van der Waals surface area contributed by atoms with Crippen molar-refractivity contribution in [3.05, 3.63) is 76.8 Å². The number of para-hydroxylation sites is 1. The number of nitrogens with one attached hydrogen (secondary N) is 2. The summed E-state index contributed by atoms with van der Waals surface area (Å²) in [7, 11) is 0. The normalized spacial score (nSPS) is 15.8. The molecule has 27 heavy (non-hydrogen) atoms. The van der Waals surface area contributed by atoms with Gasteiger partial charge in [0.15, 0.2) is 5.17 Å². The quantitative estimate of drug-likeness (QED) is 0.659. The van der Waals surface area contributed by atoms with Gasteiger partial charge in [-0.1, -0.05) is 12.1 Å². The van der Waals surface area contributed by atoms with E-state index in [9.17, 15) is 13.6 Å². The van der Waals surface area contributed by atoms with Gasteiger partial charge in [0.2, 0.25) is 0 Å². The summed E-state index contributed by atoms with van der Waals surface area (Å²) in [6, 6.07) is 11.7. The minimum absolute atomic E-state index is 0.0364. The molecule has 3 aromatic rings. The van der Waals surface area contributed by atoms with Crippen molar-refractivity contribution in [1.82, 2.24) is 10.2 Å². The van der Waals surface area contributed by atoms with Crippen LogP contribution in [0.3, 0.4) is 0 Å². The van der Waals surface area contributed by atoms with E-state index in [1.54, 1.807) is 24.3 Å². The molecule has 1 aromatic heterocycles. The van der Waals surface area contributed by atoms with Gasteiger partial charge < -0.3 is 0 Å². The first-order valence-electron chi connectivity index (χ1n) is 7.91. The number of hydrogen-bond donors (Lipinski definition) is 2. The Bertz CT molecular complexity index is 1080. The fourth-order valence-electron chi connectivity index (χ4n) is 2.73. The zero-order valence-electron chi connectivity index (χ0n) is 13.7. The third-order valence-electron chi connectivity index (χ3n) is 4.01. The molecule has 2 heterocycles. The Morgan fingerprint density at radius 3 is 2.59 bits per heavy atom. The van der Waals surface area contributed by atoms with Crippen molar-refractivity contribution in [1.29, 1.82) is 5.41 Å². The number of benzene rings is 2. The molecule has 0 aliphatic carbocycles. The molecule has 4 rings (SSSR count). The first-order chi connectivity index (χ1) is 13.0. The van der Waals surface area contributed by atoms with Crippen LogP contribution in [-0.2, 0) is 4.79 Å². The smallest absolute Gasteiger partial charge is 0.271 e. The molecule has 134 valence electrons. The van der Waals surface area contributed by atoms with E-state index in [1.807, 2.05) is 0 Å². The van der Waals surface area contributed by atoms with Gasteiger partial charge in [0.25, 0.3) is 5.91 Å². The van der Waals surface area contributed by atoms with E-state index < -0.39 is 11.7 Å². The molecular weight excluding hydrogens is 370 g/mol. The third-order valence-corrected chi connectivity index (χ3v) is 4.89. The van der Waals surface area contributed by atoms with Gasteiger partial charge in [-0.15, -0.1) is 0 Å². The number of anilines is 1. The Labute approximate surface area is 157 Å². The second kappa shape index (κ2) is 6.81. The monoisotopic (exact) mass is 382 g/mol. The highest BCUT2D eigenvalue weighted by molar-refractivity contribution is 8.19.